The monoisotopic (exact) mass is 349 g/mol. The fourth-order valence-corrected chi connectivity index (χ4v) is 3.95. The maximum atomic E-state index is 13.9. The zero-order valence-electron chi connectivity index (χ0n) is 13.5. The van der Waals surface area contributed by atoms with Gasteiger partial charge in [-0.05, 0) is 25.0 Å². The number of nitrogens with zero attached hydrogens (tertiary/aromatic N) is 3. The minimum absolute atomic E-state index is 0.00256. The van der Waals surface area contributed by atoms with E-state index in [1.807, 2.05) is 0 Å². The third-order valence-corrected chi connectivity index (χ3v) is 5.24. The quantitative estimate of drug-likeness (QED) is 0.747. The molecule has 0 spiro atoms. The van der Waals surface area contributed by atoms with E-state index in [-0.39, 0.29) is 43.1 Å². The van der Waals surface area contributed by atoms with Crippen LogP contribution in [0.25, 0.3) is 0 Å². The van der Waals surface area contributed by atoms with Crippen molar-refractivity contribution in [3.05, 3.63) is 35.4 Å². The molecule has 8 heteroatoms. The Morgan fingerprint density at radius 1 is 1.00 bits per heavy atom. The summed E-state index contributed by atoms with van der Waals surface area (Å²) in [5.41, 5.74) is -0.359. The number of rotatable bonds is 1. The first kappa shape index (κ1) is 16.0. The standard InChI is InChI=1S/C17H17F2N3O3/c18-11-4-1-3-10(14(11)19)15(23)20-7-8-22-13(9-20)17(25)21-6-2-5-12(21)16(22)24/h1,3-4,12-13H,2,5-9H2/t12-,13-/m1/s1. The highest BCUT2D eigenvalue weighted by Gasteiger charge is 2.50. The highest BCUT2D eigenvalue weighted by molar-refractivity contribution is 5.99. The van der Waals surface area contributed by atoms with Crippen molar-refractivity contribution in [1.82, 2.24) is 14.7 Å². The van der Waals surface area contributed by atoms with E-state index in [2.05, 4.69) is 0 Å². The Labute approximate surface area is 143 Å². The first-order chi connectivity index (χ1) is 12.0. The average molecular weight is 349 g/mol. The molecule has 6 nitrogen and oxygen atoms in total. The van der Waals surface area contributed by atoms with E-state index in [9.17, 15) is 23.2 Å². The molecular weight excluding hydrogens is 332 g/mol. The van der Waals surface area contributed by atoms with Gasteiger partial charge in [-0.3, -0.25) is 14.4 Å². The second kappa shape index (κ2) is 5.79. The summed E-state index contributed by atoms with van der Waals surface area (Å²) in [4.78, 5) is 42.2. The first-order valence-electron chi connectivity index (χ1n) is 8.33. The SMILES string of the molecule is O=C(c1cccc(F)c1F)N1CCN2C(=O)[C@H]3CCCN3C(=O)[C@H]2C1. The fourth-order valence-electron chi connectivity index (χ4n) is 3.95. The van der Waals surface area contributed by atoms with Gasteiger partial charge in [-0.2, -0.15) is 0 Å². The maximum Gasteiger partial charge on any atom is 0.257 e. The topological polar surface area (TPSA) is 60.9 Å². The number of hydrogen-bond acceptors (Lipinski definition) is 3. The summed E-state index contributed by atoms with van der Waals surface area (Å²) >= 11 is 0. The Morgan fingerprint density at radius 3 is 2.52 bits per heavy atom. The first-order valence-corrected chi connectivity index (χ1v) is 8.33. The third-order valence-electron chi connectivity index (χ3n) is 5.24. The van der Waals surface area contributed by atoms with E-state index in [4.69, 9.17) is 0 Å². The number of carbonyl (C=O) groups excluding carboxylic acids is 3. The summed E-state index contributed by atoms with van der Waals surface area (Å²) in [6, 6.07) is 2.31. The molecule has 1 aromatic rings. The van der Waals surface area contributed by atoms with Crippen LogP contribution < -0.4 is 0 Å². The van der Waals surface area contributed by atoms with Crippen LogP contribution >= 0.6 is 0 Å². The van der Waals surface area contributed by atoms with Gasteiger partial charge in [-0.25, -0.2) is 8.78 Å². The van der Waals surface area contributed by atoms with Crippen molar-refractivity contribution in [2.45, 2.75) is 24.9 Å². The molecule has 2 atom stereocenters. The Morgan fingerprint density at radius 2 is 1.72 bits per heavy atom. The van der Waals surface area contributed by atoms with Crippen LogP contribution in [-0.4, -0.2) is 70.7 Å². The molecule has 3 fully saturated rings. The second-order valence-corrected chi connectivity index (χ2v) is 6.59. The molecule has 0 aliphatic carbocycles. The molecule has 4 rings (SSSR count). The van der Waals surface area contributed by atoms with E-state index < -0.39 is 23.6 Å². The number of hydrogen-bond donors (Lipinski definition) is 0. The molecule has 1 aromatic carbocycles. The van der Waals surface area contributed by atoms with Crippen molar-refractivity contribution in [3.63, 3.8) is 0 Å². The van der Waals surface area contributed by atoms with E-state index in [0.717, 1.165) is 12.5 Å². The van der Waals surface area contributed by atoms with Gasteiger partial charge in [0.05, 0.1) is 12.1 Å². The van der Waals surface area contributed by atoms with Gasteiger partial charge in [0, 0.05) is 19.6 Å². The number of benzene rings is 1. The van der Waals surface area contributed by atoms with Crippen molar-refractivity contribution < 1.29 is 23.2 Å². The van der Waals surface area contributed by atoms with Crippen LogP contribution in [0, 0.1) is 11.6 Å². The van der Waals surface area contributed by atoms with E-state index >= 15 is 0 Å². The number of fused-ring (bicyclic) bond motifs is 2. The fraction of sp³-hybridized carbons (Fsp3) is 0.471. The van der Waals surface area contributed by atoms with Crippen LogP contribution in [0.15, 0.2) is 18.2 Å². The molecular formula is C17H17F2N3O3. The molecule has 0 bridgehead atoms. The summed E-state index contributed by atoms with van der Waals surface area (Å²) < 4.78 is 27.3. The van der Waals surface area contributed by atoms with Crippen LogP contribution in [0.3, 0.4) is 0 Å². The minimum Gasteiger partial charge on any atom is -0.334 e. The Balaban J connectivity index is 1.57. The summed E-state index contributed by atoms with van der Waals surface area (Å²) in [5, 5.41) is 0. The lowest BCUT2D eigenvalue weighted by atomic mass is 10.0. The molecule has 0 N–H and O–H groups in total. The number of halogens is 2. The summed E-state index contributed by atoms with van der Waals surface area (Å²) in [6.45, 7) is 0.966. The second-order valence-electron chi connectivity index (χ2n) is 6.59. The molecule has 0 unspecified atom stereocenters. The Bertz CT molecular complexity index is 770. The van der Waals surface area contributed by atoms with Gasteiger partial charge in [-0.1, -0.05) is 6.07 Å². The Hall–Kier alpha value is -2.51. The summed E-state index contributed by atoms with van der Waals surface area (Å²) in [6.07, 6.45) is 1.46. The van der Waals surface area contributed by atoms with Crippen LogP contribution in [0.4, 0.5) is 8.78 Å². The van der Waals surface area contributed by atoms with Gasteiger partial charge >= 0.3 is 0 Å². The minimum atomic E-state index is -1.19. The molecule has 0 saturated carbocycles. The van der Waals surface area contributed by atoms with Crippen molar-refractivity contribution in [3.8, 4) is 0 Å². The lowest BCUT2D eigenvalue weighted by molar-refractivity contribution is -0.162. The van der Waals surface area contributed by atoms with E-state index in [1.54, 1.807) is 4.90 Å². The predicted octanol–water partition coefficient (Wildman–Crippen LogP) is 0.622. The summed E-state index contributed by atoms with van der Waals surface area (Å²) in [5.74, 6) is -3.19. The van der Waals surface area contributed by atoms with Gasteiger partial charge in [0.1, 0.15) is 12.1 Å². The highest BCUT2D eigenvalue weighted by Crippen LogP contribution is 2.29. The van der Waals surface area contributed by atoms with Gasteiger partial charge < -0.3 is 14.7 Å². The number of piperazine rings is 2. The molecule has 25 heavy (non-hydrogen) atoms. The van der Waals surface area contributed by atoms with Crippen molar-refractivity contribution >= 4 is 17.7 Å². The lowest BCUT2D eigenvalue weighted by Gasteiger charge is -2.47. The largest absolute Gasteiger partial charge is 0.334 e. The predicted molar refractivity (Wildman–Crippen MR) is 82.5 cm³/mol. The zero-order chi connectivity index (χ0) is 17.7. The van der Waals surface area contributed by atoms with Crippen LogP contribution in [0.5, 0.6) is 0 Å². The molecule has 0 radical (unpaired) electrons. The Kier molecular flexibility index (Phi) is 3.70. The lowest BCUT2D eigenvalue weighted by Crippen LogP contribution is -2.69. The molecule has 3 heterocycles. The van der Waals surface area contributed by atoms with Gasteiger partial charge in [0.2, 0.25) is 11.8 Å². The van der Waals surface area contributed by atoms with E-state index in [0.29, 0.717) is 13.0 Å². The summed E-state index contributed by atoms with van der Waals surface area (Å²) in [7, 11) is 0. The van der Waals surface area contributed by atoms with Crippen molar-refractivity contribution in [2.75, 3.05) is 26.2 Å². The number of carbonyl (C=O) groups is 3. The normalized spacial score (nSPS) is 25.9. The zero-order valence-corrected chi connectivity index (χ0v) is 13.5. The van der Waals surface area contributed by atoms with Crippen LogP contribution in [0.2, 0.25) is 0 Å². The maximum absolute atomic E-state index is 13.9. The smallest absolute Gasteiger partial charge is 0.257 e. The highest BCUT2D eigenvalue weighted by atomic mass is 19.2. The van der Waals surface area contributed by atoms with E-state index in [1.165, 1.54) is 21.9 Å². The molecule has 3 amide bonds. The molecule has 132 valence electrons. The van der Waals surface area contributed by atoms with Crippen LogP contribution in [-0.2, 0) is 9.59 Å². The van der Waals surface area contributed by atoms with Gasteiger partial charge in [-0.15, -0.1) is 0 Å². The number of amides is 3. The molecule has 0 aromatic heterocycles. The van der Waals surface area contributed by atoms with Gasteiger partial charge in [0.15, 0.2) is 11.6 Å². The molecule has 3 aliphatic rings. The third kappa shape index (κ3) is 2.39. The molecule has 3 aliphatic heterocycles. The van der Waals surface area contributed by atoms with Gasteiger partial charge in [0.25, 0.3) is 5.91 Å². The van der Waals surface area contributed by atoms with Crippen LogP contribution in [0.1, 0.15) is 23.2 Å². The van der Waals surface area contributed by atoms with Crippen molar-refractivity contribution in [1.29, 1.82) is 0 Å². The molecule has 3 saturated heterocycles. The average Bonchev–Trinajstić information content (AvgIpc) is 3.11. The van der Waals surface area contributed by atoms with Crippen molar-refractivity contribution in [2.24, 2.45) is 0 Å².